The highest BCUT2D eigenvalue weighted by molar-refractivity contribution is 6.30. The van der Waals surface area contributed by atoms with Crippen molar-refractivity contribution in [3.63, 3.8) is 0 Å². The zero-order chi connectivity index (χ0) is 31.9. The lowest BCUT2D eigenvalue weighted by Gasteiger charge is -2.43. The predicted octanol–water partition coefficient (Wildman–Crippen LogP) is 4.00. The fourth-order valence-corrected chi connectivity index (χ4v) is 6.62. The summed E-state index contributed by atoms with van der Waals surface area (Å²) in [7, 11) is 3.40. The largest absolute Gasteiger partial charge is 0.446 e. The number of ether oxygens (including phenoxy) is 3. The third-order valence-corrected chi connectivity index (χ3v) is 8.95. The smallest absolute Gasteiger partial charge is 0.410 e. The van der Waals surface area contributed by atoms with Crippen LogP contribution in [0.1, 0.15) is 48.7 Å². The molecule has 1 aliphatic carbocycles. The van der Waals surface area contributed by atoms with Crippen molar-refractivity contribution in [2.24, 2.45) is 7.05 Å². The van der Waals surface area contributed by atoms with E-state index in [1.54, 1.807) is 23.6 Å². The Balaban J connectivity index is 1.51. The molecule has 0 bridgehead atoms. The first kappa shape index (κ1) is 32.7. The monoisotopic (exact) mass is 638 g/mol. The number of carbonyl (C=O) groups is 2. The van der Waals surface area contributed by atoms with Crippen molar-refractivity contribution in [3.05, 3.63) is 83.1 Å². The zero-order valence-electron chi connectivity index (χ0n) is 26.2. The number of aryl methyl sites for hydroxylation is 1. The Morgan fingerprint density at radius 2 is 1.98 bits per heavy atom. The van der Waals surface area contributed by atoms with Gasteiger partial charge in [0.25, 0.3) is 0 Å². The van der Waals surface area contributed by atoms with Crippen molar-refractivity contribution in [1.82, 2.24) is 30.0 Å². The van der Waals surface area contributed by atoms with Crippen LogP contribution in [0.3, 0.4) is 0 Å². The summed E-state index contributed by atoms with van der Waals surface area (Å²) in [6.07, 6.45) is 10.5. The molecular formula is C33H43ClN6O5. The molecule has 11 nitrogen and oxygen atoms in total. The first-order chi connectivity index (χ1) is 21.8. The van der Waals surface area contributed by atoms with Crippen LogP contribution in [0.5, 0.6) is 0 Å². The van der Waals surface area contributed by atoms with Crippen molar-refractivity contribution in [1.29, 1.82) is 0 Å². The van der Waals surface area contributed by atoms with Gasteiger partial charge in [0.2, 0.25) is 5.91 Å². The Morgan fingerprint density at radius 1 is 1.22 bits per heavy atom. The highest BCUT2D eigenvalue weighted by Crippen LogP contribution is 2.43. The van der Waals surface area contributed by atoms with E-state index in [9.17, 15) is 9.59 Å². The quantitative estimate of drug-likeness (QED) is 0.424. The fourth-order valence-electron chi connectivity index (χ4n) is 6.45. The van der Waals surface area contributed by atoms with E-state index in [1.807, 2.05) is 30.7 Å². The molecule has 1 aromatic heterocycles. The van der Waals surface area contributed by atoms with Crippen LogP contribution >= 0.6 is 11.6 Å². The first-order valence-corrected chi connectivity index (χ1v) is 15.8. The molecule has 2 fully saturated rings. The van der Waals surface area contributed by atoms with Crippen LogP contribution in [0, 0.1) is 0 Å². The molecule has 1 aromatic carbocycles. The van der Waals surface area contributed by atoms with E-state index >= 15 is 0 Å². The number of piperazine rings is 1. The summed E-state index contributed by atoms with van der Waals surface area (Å²) < 4.78 is 18.3. The number of carbonyl (C=O) groups excluding carboxylic acids is 2. The van der Waals surface area contributed by atoms with Gasteiger partial charge in [-0.05, 0) is 47.5 Å². The lowest BCUT2D eigenvalue weighted by molar-refractivity contribution is -0.125. The number of halogens is 1. The van der Waals surface area contributed by atoms with Gasteiger partial charge in [-0.25, -0.2) is 9.78 Å². The predicted molar refractivity (Wildman–Crippen MR) is 172 cm³/mol. The van der Waals surface area contributed by atoms with Gasteiger partial charge >= 0.3 is 6.09 Å². The van der Waals surface area contributed by atoms with Gasteiger partial charge in [-0.2, -0.15) is 0 Å². The summed E-state index contributed by atoms with van der Waals surface area (Å²) in [6, 6.07) is 5.09. The Hall–Kier alpha value is -3.64. The van der Waals surface area contributed by atoms with Gasteiger partial charge in [-0.1, -0.05) is 36.4 Å². The molecule has 45 heavy (non-hydrogen) atoms. The molecule has 242 valence electrons. The molecule has 0 saturated carbocycles. The third kappa shape index (κ3) is 7.44. The Kier molecular flexibility index (Phi) is 11.0. The van der Waals surface area contributed by atoms with Crippen LogP contribution < -0.4 is 10.6 Å². The second-order valence-electron chi connectivity index (χ2n) is 11.5. The standard InChI is InChI=1S/C33H43ClN6O5/c1-5-22-17-27(31(37-29(41)20-43-4)28-19-35-21-38(28)3)26-18-23(34)7-8-25(26)32(30(22)36-6-2)39-11-13-40(14-12-39)33(42)45-24-9-15-44-16-10-24/h5-8,17-19,21,24,30-32,36H,2,9-16,20H2,1,3-4H3,(H,37,41)/b22-5-/t30?,31-,32+/m1/s1. The van der Waals surface area contributed by atoms with E-state index in [0.29, 0.717) is 44.4 Å². The number of hydrogen-bond donors (Lipinski definition) is 2. The molecular weight excluding hydrogens is 596 g/mol. The van der Waals surface area contributed by atoms with E-state index < -0.39 is 6.04 Å². The number of rotatable bonds is 9. The van der Waals surface area contributed by atoms with Crippen molar-refractivity contribution >= 4 is 29.2 Å². The van der Waals surface area contributed by atoms with Gasteiger partial charge in [-0.3, -0.25) is 9.69 Å². The van der Waals surface area contributed by atoms with E-state index in [2.05, 4.69) is 45.3 Å². The van der Waals surface area contributed by atoms with E-state index in [4.69, 9.17) is 25.8 Å². The number of methoxy groups -OCH3 is 1. The molecule has 3 aliphatic rings. The zero-order valence-corrected chi connectivity index (χ0v) is 27.0. The minimum Gasteiger partial charge on any atom is -0.446 e. The van der Waals surface area contributed by atoms with Gasteiger partial charge < -0.3 is 34.3 Å². The summed E-state index contributed by atoms with van der Waals surface area (Å²) in [5.41, 5.74) is 4.69. The lowest BCUT2D eigenvalue weighted by atomic mass is 9.89. The van der Waals surface area contributed by atoms with E-state index in [0.717, 1.165) is 40.8 Å². The molecule has 2 amide bonds. The maximum atomic E-state index is 13.0. The topological polar surface area (TPSA) is 110 Å². The molecule has 2 aliphatic heterocycles. The summed E-state index contributed by atoms with van der Waals surface area (Å²) in [6.45, 7) is 9.54. The summed E-state index contributed by atoms with van der Waals surface area (Å²) in [5.74, 6) is -0.250. The fraction of sp³-hybridized carbons (Fsp3) is 0.485. The van der Waals surface area contributed by atoms with Crippen LogP contribution in [-0.2, 0) is 26.1 Å². The molecule has 3 heterocycles. The van der Waals surface area contributed by atoms with Crippen LogP contribution in [-0.4, -0.2) is 96.6 Å². The van der Waals surface area contributed by atoms with Gasteiger partial charge in [0.1, 0.15) is 12.7 Å². The molecule has 0 radical (unpaired) electrons. The van der Waals surface area contributed by atoms with Gasteiger partial charge in [-0.15, -0.1) is 0 Å². The Labute approximate surface area is 269 Å². The number of amides is 2. The number of imidazole rings is 1. The average molecular weight is 639 g/mol. The number of nitrogens with zero attached hydrogens (tertiary/aromatic N) is 4. The van der Waals surface area contributed by atoms with Crippen molar-refractivity contribution in [2.45, 2.75) is 44.0 Å². The molecule has 3 atom stereocenters. The van der Waals surface area contributed by atoms with Crippen LogP contribution in [0.4, 0.5) is 4.79 Å². The molecule has 2 aromatic rings. The second-order valence-corrected chi connectivity index (χ2v) is 11.9. The summed E-state index contributed by atoms with van der Waals surface area (Å²) in [5, 5.41) is 7.28. The van der Waals surface area contributed by atoms with E-state index in [-0.39, 0.29) is 36.8 Å². The average Bonchev–Trinajstić information content (AvgIpc) is 3.42. The van der Waals surface area contributed by atoms with Gasteiger partial charge in [0.15, 0.2) is 0 Å². The molecule has 12 heteroatoms. The number of hydrogen-bond acceptors (Lipinski definition) is 8. The van der Waals surface area contributed by atoms with Gasteiger partial charge in [0.05, 0.1) is 49.6 Å². The van der Waals surface area contributed by atoms with Gasteiger partial charge in [0, 0.05) is 58.2 Å². The second kappa shape index (κ2) is 15.1. The summed E-state index contributed by atoms with van der Waals surface area (Å²) >= 11 is 6.67. The van der Waals surface area contributed by atoms with Crippen LogP contribution in [0.25, 0.3) is 5.57 Å². The van der Waals surface area contributed by atoms with Crippen LogP contribution in [0.2, 0.25) is 5.02 Å². The number of fused-ring (bicyclic) bond motifs is 1. The normalized spacial score (nSPS) is 22.6. The molecule has 1 unspecified atom stereocenters. The number of nitrogens with one attached hydrogen (secondary N) is 2. The van der Waals surface area contributed by atoms with Crippen molar-refractivity contribution < 1.29 is 23.8 Å². The number of benzene rings is 1. The number of allylic oxidation sites excluding steroid dienone is 1. The minimum atomic E-state index is -0.535. The summed E-state index contributed by atoms with van der Waals surface area (Å²) in [4.78, 5) is 34.6. The lowest BCUT2D eigenvalue weighted by Crippen LogP contribution is -2.53. The van der Waals surface area contributed by atoms with Crippen molar-refractivity contribution in [2.75, 3.05) is 53.1 Å². The maximum absolute atomic E-state index is 13.0. The third-order valence-electron chi connectivity index (χ3n) is 8.72. The van der Waals surface area contributed by atoms with Crippen molar-refractivity contribution in [3.8, 4) is 0 Å². The highest BCUT2D eigenvalue weighted by atomic mass is 35.5. The first-order valence-electron chi connectivity index (χ1n) is 15.4. The number of aromatic nitrogens is 2. The minimum absolute atomic E-state index is 0.0784. The highest BCUT2D eigenvalue weighted by Gasteiger charge is 2.39. The maximum Gasteiger partial charge on any atom is 0.410 e. The Bertz CT molecular complexity index is 1430. The Morgan fingerprint density at radius 3 is 2.62 bits per heavy atom. The molecule has 2 saturated heterocycles. The molecule has 0 spiro atoms. The molecule has 2 N–H and O–H groups in total. The van der Waals surface area contributed by atoms with E-state index in [1.165, 1.54) is 7.11 Å². The SMILES string of the molecule is C=CNC1/C(=C\C)C=C([C@@H](NC(=O)COC)c2cncn2C)c2cc(Cl)ccc2[C@@H]1N1CCN(C(=O)OC2CCOCC2)CC1. The van der Waals surface area contributed by atoms with Crippen LogP contribution in [0.15, 0.2) is 61.2 Å². The molecule has 5 rings (SSSR count).